The summed E-state index contributed by atoms with van der Waals surface area (Å²) in [6.45, 7) is 1.75. The number of alkyl halides is 3. The Balaban J connectivity index is 2.05. The maximum absolute atomic E-state index is 14.2. The Morgan fingerprint density at radius 1 is 0.867 bits per heavy atom. The third-order valence-electron chi connectivity index (χ3n) is 4.30. The van der Waals surface area contributed by atoms with Crippen LogP contribution in [-0.4, -0.2) is 12.8 Å². The molecule has 2 aromatic rings. The Morgan fingerprint density at radius 2 is 1.57 bits per heavy atom. The number of hydrogen-bond donors (Lipinski definition) is 0. The molecule has 0 aliphatic rings. The van der Waals surface area contributed by atoms with Crippen molar-refractivity contribution in [2.45, 2.75) is 51.6 Å². The molecule has 1 nitrogen and oxygen atoms in total. The first-order valence-corrected chi connectivity index (χ1v) is 9.68. The van der Waals surface area contributed by atoms with Gasteiger partial charge in [-0.2, -0.15) is 13.2 Å². The Kier molecular flexibility index (Phi) is 8.64. The van der Waals surface area contributed by atoms with Crippen LogP contribution in [0.15, 0.2) is 30.3 Å². The molecule has 0 saturated heterocycles. The van der Waals surface area contributed by atoms with Crippen LogP contribution in [0.4, 0.5) is 26.3 Å². The molecule has 7 heteroatoms. The van der Waals surface area contributed by atoms with Gasteiger partial charge in [0.1, 0.15) is 11.6 Å². The van der Waals surface area contributed by atoms with Gasteiger partial charge < -0.3 is 4.74 Å². The highest BCUT2D eigenvalue weighted by molar-refractivity contribution is 5.46. The summed E-state index contributed by atoms with van der Waals surface area (Å²) in [7, 11) is 0. The molecule has 0 spiro atoms. The van der Waals surface area contributed by atoms with Crippen molar-refractivity contribution < 1.29 is 31.1 Å². The monoisotopic (exact) mass is 428 g/mol. The van der Waals surface area contributed by atoms with Gasteiger partial charge in [0.2, 0.25) is 0 Å². The average molecular weight is 428 g/mol. The van der Waals surface area contributed by atoms with Gasteiger partial charge in [0, 0.05) is 12.0 Å². The Morgan fingerprint density at radius 3 is 2.17 bits per heavy atom. The molecule has 0 amide bonds. The van der Waals surface area contributed by atoms with E-state index in [4.69, 9.17) is 4.74 Å². The molecule has 0 N–H and O–H groups in total. The van der Waals surface area contributed by atoms with Crippen LogP contribution in [0.3, 0.4) is 0 Å². The second-order valence-electron chi connectivity index (χ2n) is 6.85. The van der Waals surface area contributed by atoms with Crippen molar-refractivity contribution in [3.05, 3.63) is 64.5 Å². The van der Waals surface area contributed by atoms with Crippen LogP contribution in [0.2, 0.25) is 0 Å². The maximum atomic E-state index is 14.2. The van der Waals surface area contributed by atoms with Gasteiger partial charge in [-0.3, -0.25) is 0 Å². The predicted octanol–water partition coefficient (Wildman–Crippen LogP) is 6.96. The highest BCUT2D eigenvalue weighted by atomic mass is 19.4. The lowest BCUT2D eigenvalue weighted by Gasteiger charge is -2.09. The van der Waals surface area contributed by atoms with E-state index in [1.54, 1.807) is 0 Å². The molecular weight excluding hydrogens is 406 g/mol. The summed E-state index contributed by atoms with van der Waals surface area (Å²) in [5, 5.41) is 0. The fourth-order valence-corrected chi connectivity index (χ4v) is 2.75. The van der Waals surface area contributed by atoms with E-state index in [9.17, 15) is 26.3 Å². The van der Waals surface area contributed by atoms with Crippen LogP contribution < -0.4 is 4.74 Å². The molecule has 0 aliphatic carbocycles. The van der Waals surface area contributed by atoms with Crippen molar-refractivity contribution in [1.29, 1.82) is 0 Å². The summed E-state index contributed by atoms with van der Waals surface area (Å²) in [5.74, 6) is 2.28. The van der Waals surface area contributed by atoms with Crippen LogP contribution in [-0.2, 0) is 6.42 Å². The Bertz CT molecular complexity index is 885. The third kappa shape index (κ3) is 7.66. The summed E-state index contributed by atoms with van der Waals surface area (Å²) in [4.78, 5) is 0. The van der Waals surface area contributed by atoms with Gasteiger partial charge in [0.25, 0.3) is 0 Å². The number of hydrogen-bond acceptors (Lipinski definition) is 1. The van der Waals surface area contributed by atoms with Crippen molar-refractivity contribution in [2.75, 3.05) is 6.61 Å². The topological polar surface area (TPSA) is 9.23 Å². The maximum Gasteiger partial charge on any atom is 0.389 e. The van der Waals surface area contributed by atoms with E-state index in [1.807, 2.05) is 6.92 Å². The van der Waals surface area contributed by atoms with Crippen LogP contribution in [0, 0.1) is 29.3 Å². The summed E-state index contributed by atoms with van der Waals surface area (Å²) >= 11 is 0. The highest BCUT2D eigenvalue weighted by Crippen LogP contribution is 2.23. The second kappa shape index (κ2) is 11.0. The molecular formula is C23H22F6O. The Labute approximate surface area is 172 Å². The lowest BCUT2D eigenvalue weighted by molar-refractivity contribution is -0.136. The molecule has 2 aromatic carbocycles. The number of aryl methyl sites for hydroxylation is 1. The minimum Gasteiger partial charge on any atom is -0.491 e. The van der Waals surface area contributed by atoms with Crippen LogP contribution in [0.25, 0.3) is 0 Å². The molecule has 0 atom stereocenters. The molecule has 30 heavy (non-hydrogen) atoms. The van der Waals surface area contributed by atoms with Gasteiger partial charge in [-0.15, -0.1) is 0 Å². The fourth-order valence-electron chi connectivity index (χ4n) is 2.75. The summed E-state index contributed by atoms with van der Waals surface area (Å²) in [6.07, 6.45) is -2.22. The standard InChI is InChI=1S/C23H22F6O/c1-2-3-4-6-17-14-19(24)18(20(25)15-17)9-7-16-8-10-22(21(26)13-16)30-12-5-11-23(27,28)29/h8,10,13-15H,2-6,11-12H2,1H3. The summed E-state index contributed by atoms with van der Waals surface area (Å²) < 4.78 is 83.7. The fraction of sp³-hybridized carbons (Fsp3) is 0.391. The lowest BCUT2D eigenvalue weighted by atomic mass is 10.0. The highest BCUT2D eigenvalue weighted by Gasteiger charge is 2.26. The largest absolute Gasteiger partial charge is 0.491 e. The summed E-state index contributed by atoms with van der Waals surface area (Å²) in [6, 6.07) is 6.09. The number of benzene rings is 2. The molecule has 0 fully saturated rings. The van der Waals surface area contributed by atoms with E-state index >= 15 is 0 Å². The van der Waals surface area contributed by atoms with E-state index in [0.29, 0.717) is 12.0 Å². The van der Waals surface area contributed by atoms with Crippen molar-refractivity contribution in [3.8, 4) is 17.6 Å². The van der Waals surface area contributed by atoms with Crippen molar-refractivity contribution in [1.82, 2.24) is 0 Å². The zero-order valence-corrected chi connectivity index (χ0v) is 16.5. The van der Waals surface area contributed by atoms with E-state index in [2.05, 4.69) is 11.8 Å². The molecule has 0 heterocycles. The SMILES string of the molecule is CCCCCc1cc(F)c(C#Cc2ccc(OCCCC(F)(F)F)c(F)c2)c(F)c1. The van der Waals surface area contributed by atoms with Crippen molar-refractivity contribution in [2.24, 2.45) is 0 Å². The number of rotatable bonds is 8. The normalized spacial score (nSPS) is 11.2. The number of ether oxygens (including phenoxy) is 1. The first kappa shape index (κ1) is 23.7. The van der Waals surface area contributed by atoms with Crippen LogP contribution in [0.5, 0.6) is 5.75 Å². The lowest BCUT2D eigenvalue weighted by Crippen LogP contribution is -2.10. The van der Waals surface area contributed by atoms with Crippen molar-refractivity contribution >= 4 is 0 Å². The summed E-state index contributed by atoms with van der Waals surface area (Å²) in [5.41, 5.74) is 0.310. The predicted molar refractivity (Wildman–Crippen MR) is 103 cm³/mol. The second-order valence-corrected chi connectivity index (χ2v) is 6.85. The van der Waals surface area contributed by atoms with Gasteiger partial charge in [-0.1, -0.05) is 31.6 Å². The molecule has 0 saturated carbocycles. The minimum atomic E-state index is -4.29. The number of unbranched alkanes of at least 4 members (excludes halogenated alkanes) is 2. The molecule has 0 aliphatic heterocycles. The van der Waals surface area contributed by atoms with Gasteiger partial charge in [-0.05, 0) is 55.2 Å². The zero-order chi connectivity index (χ0) is 22.1. The zero-order valence-electron chi connectivity index (χ0n) is 16.5. The van der Waals surface area contributed by atoms with Crippen molar-refractivity contribution in [3.63, 3.8) is 0 Å². The van der Waals surface area contributed by atoms with E-state index in [1.165, 1.54) is 24.3 Å². The molecule has 2 rings (SSSR count). The van der Waals surface area contributed by atoms with Crippen LogP contribution in [0.1, 0.15) is 55.7 Å². The Hall–Kier alpha value is -2.62. The first-order valence-electron chi connectivity index (χ1n) is 9.68. The van der Waals surface area contributed by atoms with Gasteiger partial charge in [-0.25, -0.2) is 13.2 Å². The smallest absolute Gasteiger partial charge is 0.389 e. The molecule has 0 aromatic heterocycles. The van der Waals surface area contributed by atoms with Crippen LogP contribution >= 0.6 is 0 Å². The molecule has 0 radical (unpaired) electrons. The number of halogens is 6. The van der Waals surface area contributed by atoms with E-state index in [-0.39, 0.29) is 24.3 Å². The average Bonchev–Trinajstić information content (AvgIpc) is 2.65. The third-order valence-corrected chi connectivity index (χ3v) is 4.30. The van der Waals surface area contributed by atoms with Gasteiger partial charge >= 0.3 is 6.18 Å². The minimum absolute atomic E-state index is 0.154. The van der Waals surface area contributed by atoms with E-state index < -0.39 is 35.6 Å². The molecule has 0 unspecified atom stereocenters. The quantitative estimate of drug-likeness (QED) is 0.251. The van der Waals surface area contributed by atoms with Gasteiger partial charge in [0.05, 0.1) is 12.2 Å². The molecule has 0 bridgehead atoms. The molecule has 162 valence electrons. The first-order chi connectivity index (χ1) is 14.2. The van der Waals surface area contributed by atoms with E-state index in [0.717, 1.165) is 25.3 Å². The van der Waals surface area contributed by atoms with Gasteiger partial charge in [0.15, 0.2) is 11.6 Å².